The molecule has 0 aliphatic rings. The predicted molar refractivity (Wildman–Crippen MR) is 71.1 cm³/mol. The summed E-state index contributed by atoms with van der Waals surface area (Å²) < 4.78 is 3.94. The minimum atomic E-state index is -0.105. The Kier molecular flexibility index (Phi) is 3.86. The zero-order valence-corrected chi connectivity index (χ0v) is 11.0. The maximum absolute atomic E-state index is 6.26. The standard InChI is InChI=1S/C13H17N3S/c1-3-5-10-6-4-7-11(8-10)12(14)13-9(2)15-16-17-13/h4,6-8,12H,3,5,14H2,1-2H3. The topological polar surface area (TPSA) is 51.8 Å². The molecule has 0 aliphatic carbocycles. The van der Waals surface area contributed by atoms with E-state index in [4.69, 9.17) is 5.73 Å². The van der Waals surface area contributed by atoms with Gasteiger partial charge in [-0.3, -0.25) is 0 Å². The van der Waals surface area contributed by atoms with Crippen LogP contribution in [-0.2, 0) is 6.42 Å². The van der Waals surface area contributed by atoms with Gasteiger partial charge in [0.1, 0.15) is 0 Å². The van der Waals surface area contributed by atoms with Gasteiger partial charge >= 0.3 is 0 Å². The molecule has 1 atom stereocenters. The van der Waals surface area contributed by atoms with E-state index in [1.807, 2.05) is 6.92 Å². The molecule has 0 saturated heterocycles. The number of hydrogen-bond acceptors (Lipinski definition) is 4. The fourth-order valence-corrected chi connectivity index (χ4v) is 2.58. The van der Waals surface area contributed by atoms with Gasteiger partial charge in [-0.15, -0.1) is 5.10 Å². The number of benzene rings is 1. The summed E-state index contributed by atoms with van der Waals surface area (Å²) >= 11 is 1.39. The Morgan fingerprint density at radius 2 is 2.24 bits per heavy atom. The second-order valence-corrected chi connectivity index (χ2v) is 4.98. The van der Waals surface area contributed by atoms with E-state index in [9.17, 15) is 0 Å². The summed E-state index contributed by atoms with van der Waals surface area (Å²) in [7, 11) is 0. The molecule has 0 bridgehead atoms. The van der Waals surface area contributed by atoms with Crippen molar-refractivity contribution in [3.05, 3.63) is 46.0 Å². The molecule has 90 valence electrons. The van der Waals surface area contributed by atoms with Crippen molar-refractivity contribution in [1.29, 1.82) is 0 Å². The van der Waals surface area contributed by atoms with Gasteiger partial charge in [0, 0.05) is 0 Å². The molecule has 0 amide bonds. The van der Waals surface area contributed by atoms with Crippen LogP contribution < -0.4 is 5.73 Å². The normalized spacial score (nSPS) is 12.6. The molecule has 2 aromatic rings. The minimum absolute atomic E-state index is 0.105. The molecule has 1 aromatic heterocycles. The first kappa shape index (κ1) is 12.2. The van der Waals surface area contributed by atoms with Crippen LogP contribution in [0.5, 0.6) is 0 Å². The van der Waals surface area contributed by atoms with E-state index in [0.717, 1.165) is 29.0 Å². The van der Waals surface area contributed by atoms with Crippen molar-refractivity contribution >= 4 is 11.5 Å². The van der Waals surface area contributed by atoms with Crippen molar-refractivity contribution in [2.75, 3.05) is 0 Å². The van der Waals surface area contributed by atoms with Gasteiger partial charge in [-0.2, -0.15) is 0 Å². The van der Waals surface area contributed by atoms with Crippen LogP contribution >= 0.6 is 11.5 Å². The van der Waals surface area contributed by atoms with Gasteiger partial charge in [0.15, 0.2) is 0 Å². The summed E-state index contributed by atoms with van der Waals surface area (Å²) in [5, 5.41) is 4.01. The first-order valence-corrected chi connectivity index (χ1v) is 6.63. The summed E-state index contributed by atoms with van der Waals surface area (Å²) in [6.45, 7) is 4.14. The average molecular weight is 247 g/mol. The second kappa shape index (κ2) is 5.38. The van der Waals surface area contributed by atoms with Gasteiger partial charge in [0.2, 0.25) is 0 Å². The molecule has 1 unspecified atom stereocenters. The maximum atomic E-state index is 6.26. The largest absolute Gasteiger partial charge is 0.320 e. The predicted octanol–water partition coefficient (Wildman–Crippen LogP) is 2.85. The van der Waals surface area contributed by atoms with E-state index in [1.165, 1.54) is 17.1 Å². The highest BCUT2D eigenvalue weighted by molar-refractivity contribution is 7.05. The summed E-state index contributed by atoms with van der Waals surface area (Å²) in [6.07, 6.45) is 2.25. The van der Waals surface area contributed by atoms with E-state index in [2.05, 4.69) is 40.8 Å². The number of aromatic nitrogens is 2. The fraction of sp³-hybridized carbons (Fsp3) is 0.385. The molecule has 1 heterocycles. The second-order valence-electron chi connectivity index (χ2n) is 4.20. The van der Waals surface area contributed by atoms with Crippen LogP contribution in [0.1, 0.15) is 41.1 Å². The minimum Gasteiger partial charge on any atom is -0.320 e. The highest BCUT2D eigenvalue weighted by Crippen LogP contribution is 2.25. The van der Waals surface area contributed by atoms with E-state index >= 15 is 0 Å². The summed E-state index contributed by atoms with van der Waals surface area (Å²) in [4.78, 5) is 1.05. The van der Waals surface area contributed by atoms with Crippen molar-refractivity contribution in [2.45, 2.75) is 32.7 Å². The highest BCUT2D eigenvalue weighted by atomic mass is 32.1. The Hall–Kier alpha value is -1.26. The molecule has 2 N–H and O–H groups in total. The first-order chi connectivity index (χ1) is 8.22. The smallest absolute Gasteiger partial charge is 0.0776 e. The van der Waals surface area contributed by atoms with Crippen LogP contribution in [0.15, 0.2) is 24.3 Å². The van der Waals surface area contributed by atoms with Gasteiger partial charge in [0.05, 0.1) is 16.6 Å². The molecule has 0 saturated carbocycles. The van der Waals surface area contributed by atoms with Crippen molar-refractivity contribution < 1.29 is 0 Å². The van der Waals surface area contributed by atoms with Crippen LogP contribution in [0, 0.1) is 6.92 Å². The van der Waals surface area contributed by atoms with Crippen LogP contribution in [0.25, 0.3) is 0 Å². The van der Waals surface area contributed by atoms with Crippen LogP contribution in [0.4, 0.5) is 0 Å². The summed E-state index contributed by atoms with van der Waals surface area (Å²) in [5.74, 6) is 0. The maximum Gasteiger partial charge on any atom is 0.0776 e. The number of rotatable bonds is 4. The molecule has 0 aliphatic heterocycles. The summed E-state index contributed by atoms with van der Waals surface area (Å²) in [6, 6.07) is 8.38. The highest BCUT2D eigenvalue weighted by Gasteiger charge is 2.14. The third-order valence-electron chi connectivity index (χ3n) is 2.82. The first-order valence-electron chi connectivity index (χ1n) is 5.85. The van der Waals surface area contributed by atoms with Crippen LogP contribution in [0.3, 0.4) is 0 Å². The zero-order valence-electron chi connectivity index (χ0n) is 10.2. The van der Waals surface area contributed by atoms with Crippen molar-refractivity contribution in [3.8, 4) is 0 Å². The Bertz CT molecular complexity index is 493. The Morgan fingerprint density at radius 1 is 1.41 bits per heavy atom. The van der Waals surface area contributed by atoms with Crippen molar-refractivity contribution in [2.24, 2.45) is 5.73 Å². The molecule has 0 spiro atoms. The lowest BCUT2D eigenvalue weighted by atomic mass is 10.0. The third kappa shape index (κ3) is 2.70. The Morgan fingerprint density at radius 3 is 2.88 bits per heavy atom. The van der Waals surface area contributed by atoms with Crippen molar-refractivity contribution in [1.82, 2.24) is 9.59 Å². The van der Waals surface area contributed by atoms with Crippen LogP contribution in [0.2, 0.25) is 0 Å². The van der Waals surface area contributed by atoms with Gasteiger partial charge in [-0.25, -0.2) is 0 Å². The molecule has 2 rings (SSSR count). The molecule has 0 radical (unpaired) electrons. The van der Waals surface area contributed by atoms with Gasteiger partial charge in [0.25, 0.3) is 0 Å². The summed E-state index contributed by atoms with van der Waals surface area (Å²) in [5.41, 5.74) is 9.68. The fourth-order valence-electron chi connectivity index (χ4n) is 1.90. The van der Waals surface area contributed by atoms with E-state index < -0.39 is 0 Å². The Balaban J connectivity index is 2.28. The third-order valence-corrected chi connectivity index (χ3v) is 3.73. The number of nitrogens with zero attached hydrogens (tertiary/aromatic N) is 2. The van der Waals surface area contributed by atoms with E-state index in [-0.39, 0.29) is 6.04 Å². The molecule has 17 heavy (non-hydrogen) atoms. The lowest BCUT2D eigenvalue weighted by Gasteiger charge is -2.11. The molecule has 0 fully saturated rings. The number of nitrogens with two attached hydrogens (primary N) is 1. The van der Waals surface area contributed by atoms with E-state index in [1.54, 1.807) is 0 Å². The molecule has 3 nitrogen and oxygen atoms in total. The van der Waals surface area contributed by atoms with Gasteiger partial charge in [-0.05, 0) is 36.0 Å². The Labute approximate surface area is 106 Å². The van der Waals surface area contributed by atoms with Crippen LogP contribution in [-0.4, -0.2) is 9.59 Å². The zero-order chi connectivity index (χ0) is 12.3. The molecular formula is C13H17N3S. The van der Waals surface area contributed by atoms with E-state index in [0.29, 0.717) is 0 Å². The molecule has 1 aromatic carbocycles. The molecular weight excluding hydrogens is 230 g/mol. The lowest BCUT2D eigenvalue weighted by Crippen LogP contribution is -2.11. The number of hydrogen-bond donors (Lipinski definition) is 1. The van der Waals surface area contributed by atoms with Gasteiger partial charge in [-0.1, -0.05) is 42.1 Å². The SMILES string of the molecule is CCCc1cccc(C(N)c2snnc2C)c1. The average Bonchev–Trinajstić information content (AvgIpc) is 2.75. The number of aryl methyl sites for hydroxylation is 2. The monoisotopic (exact) mass is 247 g/mol. The van der Waals surface area contributed by atoms with Gasteiger partial charge < -0.3 is 5.73 Å². The van der Waals surface area contributed by atoms with Crippen molar-refractivity contribution in [3.63, 3.8) is 0 Å². The molecule has 4 heteroatoms. The lowest BCUT2D eigenvalue weighted by molar-refractivity contribution is 0.861. The quantitative estimate of drug-likeness (QED) is 0.904.